The van der Waals surface area contributed by atoms with Crippen molar-refractivity contribution in [3.05, 3.63) is 22.7 Å². The van der Waals surface area contributed by atoms with Gasteiger partial charge in [-0.2, -0.15) is 4.98 Å². The first kappa shape index (κ1) is 24.9. The van der Waals surface area contributed by atoms with Gasteiger partial charge in [-0.1, -0.05) is 0 Å². The number of aliphatic hydroxyl groups excluding tert-OH is 2. The van der Waals surface area contributed by atoms with Gasteiger partial charge in [-0.15, -0.1) is 0 Å². The molecule has 1 aromatic rings. The number of anilines is 1. The maximum atomic E-state index is 11.6. The Balaban J connectivity index is 0.00000242. The summed E-state index contributed by atoms with van der Waals surface area (Å²) in [7, 11) is -5.24. The second-order valence-electron chi connectivity index (χ2n) is 4.33. The average molecular weight is 399 g/mol. The van der Waals surface area contributed by atoms with Gasteiger partial charge < -0.3 is 39.6 Å². The molecular weight excluding hydrogens is 387 g/mol. The van der Waals surface area contributed by atoms with Crippen molar-refractivity contribution in [3.8, 4) is 0 Å². The molecule has 0 unspecified atom stereocenters. The number of hydrogen-bond acceptors (Lipinski definition) is 10. The number of nitrogens with two attached hydrogens (primary N) is 1. The number of aromatic nitrogens is 2. The molecule has 0 aliphatic carbocycles. The fourth-order valence-corrected chi connectivity index (χ4v) is 2.21. The Morgan fingerprint density at radius 2 is 2.00 bits per heavy atom. The smallest absolute Gasteiger partial charge is 0.790 e. The van der Waals surface area contributed by atoms with Crippen LogP contribution in [0.4, 0.5) is 5.82 Å². The van der Waals surface area contributed by atoms with Crippen LogP contribution < -0.4 is 124 Å². The SMILES string of the molecule is Nc1ccn([C@@H]2O[C@H](COP(=O)([O-])[O-])[C@@H](O)[C@H]2O)c(=O)n1.[K+].[K+]. The van der Waals surface area contributed by atoms with Gasteiger partial charge in [0, 0.05) is 6.20 Å². The fourth-order valence-electron chi connectivity index (χ4n) is 1.88. The summed E-state index contributed by atoms with van der Waals surface area (Å²) in [6, 6.07) is 1.27. The van der Waals surface area contributed by atoms with E-state index in [1.807, 2.05) is 0 Å². The normalized spacial score (nSPS) is 27.1. The second kappa shape index (κ2) is 10.3. The standard InChI is InChI=1S/C9H14N3O8P.2K/c10-5-1-2-12(9(15)11-5)8-7(14)6(13)4(20-8)3-19-21(16,17)18;;/h1-2,4,6-8,13-14H,3H2,(H2,10,11,15)(H2,16,17,18);;/q;2*+1/p-2/t4-,6-,7-,8-;;/m1../s1. The number of hydrogen-bond donors (Lipinski definition) is 3. The summed E-state index contributed by atoms with van der Waals surface area (Å²) < 4.78 is 20.4. The van der Waals surface area contributed by atoms with E-state index in [2.05, 4.69) is 9.51 Å². The Hall–Kier alpha value is 1.94. The Morgan fingerprint density at radius 1 is 1.39 bits per heavy atom. The van der Waals surface area contributed by atoms with E-state index < -0.39 is 44.7 Å². The van der Waals surface area contributed by atoms with E-state index in [1.54, 1.807) is 0 Å². The van der Waals surface area contributed by atoms with Gasteiger partial charge >= 0.3 is 108 Å². The summed E-state index contributed by atoms with van der Waals surface area (Å²) in [6.07, 6.45) is -4.51. The number of aliphatic hydroxyl groups is 2. The van der Waals surface area contributed by atoms with E-state index in [0.717, 1.165) is 4.57 Å². The second-order valence-corrected chi connectivity index (χ2v) is 5.48. The number of nitrogens with zero attached hydrogens (tertiary/aromatic N) is 2. The summed E-state index contributed by atoms with van der Waals surface area (Å²) in [6.45, 7) is -0.782. The van der Waals surface area contributed by atoms with Crippen molar-refractivity contribution in [3.63, 3.8) is 0 Å². The predicted molar refractivity (Wildman–Crippen MR) is 62.4 cm³/mol. The van der Waals surface area contributed by atoms with Crippen LogP contribution in [0.2, 0.25) is 0 Å². The van der Waals surface area contributed by atoms with E-state index in [9.17, 15) is 29.4 Å². The van der Waals surface area contributed by atoms with Crippen molar-refractivity contribution < 1.29 is 137 Å². The van der Waals surface area contributed by atoms with Gasteiger partial charge in [-0.05, 0) is 6.07 Å². The molecule has 1 aliphatic rings. The topological polar surface area (TPSA) is 183 Å². The molecule has 118 valence electrons. The molecule has 4 N–H and O–H groups in total. The third kappa shape index (κ3) is 6.88. The number of ether oxygens (including phenoxy) is 1. The quantitative estimate of drug-likeness (QED) is 0.324. The van der Waals surface area contributed by atoms with Crippen LogP contribution in [0.15, 0.2) is 17.1 Å². The third-order valence-electron chi connectivity index (χ3n) is 2.86. The molecule has 1 saturated heterocycles. The van der Waals surface area contributed by atoms with Gasteiger partial charge in [0.2, 0.25) is 0 Å². The molecule has 0 bridgehead atoms. The van der Waals surface area contributed by atoms with Crippen LogP contribution in [-0.4, -0.2) is 44.7 Å². The molecule has 0 saturated carbocycles. The van der Waals surface area contributed by atoms with E-state index in [-0.39, 0.29) is 109 Å². The molecule has 1 fully saturated rings. The Bertz CT molecular complexity index is 625. The van der Waals surface area contributed by atoms with Crippen LogP contribution in [-0.2, 0) is 13.8 Å². The van der Waals surface area contributed by atoms with Crippen molar-refractivity contribution in [2.45, 2.75) is 24.5 Å². The minimum absolute atomic E-state index is 0. The van der Waals surface area contributed by atoms with Crippen LogP contribution in [0, 0.1) is 0 Å². The van der Waals surface area contributed by atoms with Crippen molar-refractivity contribution in [2.75, 3.05) is 12.3 Å². The number of rotatable bonds is 4. The summed E-state index contributed by atoms with van der Waals surface area (Å²) in [5, 5.41) is 19.6. The molecule has 2 rings (SSSR count). The first-order chi connectivity index (χ1) is 9.69. The van der Waals surface area contributed by atoms with E-state index >= 15 is 0 Å². The molecule has 0 amide bonds. The molecule has 2 heterocycles. The molecule has 0 radical (unpaired) electrons. The summed E-state index contributed by atoms with van der Waals surface area (Å²) in [5.41, 5.74) is 4.49. The molecule has 4 atom stereocenters. The Kier molecular flexibility index (Phi) is 11.2. The molecule has 0 aromatic carbocycles. The van der Waals surface area contributed by atoms with Crippen molar-refractivity contribution in [1.29, 1.82) is 0 Å². The van der Waals surface area contributed by atoms with Crippen LogP contribution >= 0.6 is 7.82 Å². The van der Waals surface area contributed by atoms with Gasteiger partial charge in [0.05, 0.1) is 14.4 Å². The van der Waals surface area contributed by atoms with Gasteiger partial charge in [0.15, 0.2) is 6.23 Å². The molecule has 11 nitrogen and oxygen atoms in total. The molecule has 23 heavy (non-hydrogen) atoms. The van der Waals surface area contributed by atoms with Crippen LogP contribution in [0.25, 0.3) is 0 Å². The van der Waals surface area contributed by atoms with Gasteiger partial charge in [-0.25, -0.2) is 4.79 Å². The fraction of sp³-hybridized carbons (Fsp3) is 0.556. The van der Waals surface area contributed by atoms with Crippen LogP contribution in [0.3, 0.4) is 0 Å². The molecular formula is C9H12K2N3O8P. The zero-order valence-corrected chi connectivity index (χ0v) is 19.6. The van der Waals surface area contributed by atoms with Crippen molar-refractivity contribution in [1.82, 2.24) is 9.55 Å². The Labute approximate surface area is 215 Å². The van der Waals surface area contributed by atoms with E-state index in [1.165, 1.54) is 12.3 Å². The summed E-state index contributed by atoms with van der Waals surface area (Å²) in [5.74, 6) is -0.0391. The predicted octanol–water partition coefficient (Wildman–Crippen LogP) is -9.70. The summed E-state index contributed by atoms with van der Waals surface area (Å²) >= 11 is 0. The van der Waals surface area contributed by atoms with Crippen molar-refractivity contribution >= 4 is 13.6 Å². The number of nitrogen functional groups attached to an aromatic ring is 1. The van der Waals surface area contributed by atoms with Crippen molar-refractivity contribution in [2.24, 2.45) is 0 Å². The number of phosphoric acid groups is 1. The summed E-state index contributed by atoms with van der Waals surface area (Å²) in [4.78, 5) is 35.8. The minimum atomic E-state index is -5.24. The van der Waals surface area contributed by atoms with Crippen LogP contribution in [0.5, 0.6) is 0 Å². The third-order valence-corrected chi connectivity index (χ3v) is 3.33. The average Bonchev–Trinajstić information content (AvgIpc) is 2.64. The minimum Gasteiger partial charge on any atom is -0.790 e. The molecule has 1 aliphatic heterocycles. The van der Waals surface area contributed by atoms with Gasteiger partial charge in [0.1, 0.15) is 24.1 Å². The maximum Gasteiger partial charge on any atom is 1.00 e. The molecule has 0 spiro atoms. The molecule has 14 heteroatoms. The Morgan fingerprint density at radius 3 is 2.52 bits per heavy atom. The first-order valence-corrected chi connectivity index (χ1v) is 7.18. The van der Waals surface area contributed by atoms with Gasteiger partial charge in [-0.3, -0.25) is 4.57 Å². The van der Waals surface area contributed by atoms with Gasteiger partial charge in [0.25, 0.3) is 0 Å². The maximum absolute atomic E-state index is 11.6. The zero-order valence-electron chi connectivity index (χ0n) is 12.4. The van der Waals surface area contributed by atoms with E-state index in [0.29, 0.717) is 0 Å². The number of phosphoric ester groups is 1. The molecule has 1 aromatic heterocycles. The first-order valence-electron chi connectivity index (χ1n) is 5.72. The van der Waals surface area contributed by atoms with E-state index in [4.69, 9.17) is 10.5 Å². The zero-order chi connectivity index (χ0) is 15.8. The monoisotopic (exact) mass is 399 g/mol. The largest absolute Gasteiger partial charge is 1.00 e. The van der Waals surface area contributed by atoms with Crippen LogP contribution in [0.1, 0.15) is 6.23 Å².